The molecule has 0 amide bonds. The molecule has 0 aromatic carbocycles. The first-order chi connectivity index (χ1) is 5.72. The normalized spacial score (nSPS) is 9.83. The van der Waals surface area contributed by atoms with Gasteiger partial charge in [-0.1, -0.05) is 6.92 Å². The molecule has 0 saturated heterocycles. The standard InChI is InChI=1S/C8H13N3O/c1-3-4-12-7-5-6(2)10-8(9)11-7/h5H,3-4H2,1-2H3,(H2,9,10,11). The van der Waals surface area contributed by atoms with Crippen LogP contribution in [-0.2, 0) is 0 Å². The maximum absolute atomic E-state index is 5.43. The highest BCUT2D eigenvalue weighted by atomic mass is 16.5. The quantitative estimate of drug-likeness (QED) is 0.733. The topological polar surface area (TPSA) is 61.0 Å². The zero-order valence-corrected chi connectivity index (χ0v) is 7.37. The molecule has 0 aliphatic heterocycles. The fourth-order valence-electron chi connectivity index (χ4n) is 0.842. The monoisotopic (exact) mass is 167 g/mol. The second kappa shape index (κ2) is 3.90. The van der Waals surface area contributed by atoms with Crippen molar-refractivity contribution in [3.05, 3.63) is 11.8 Å². The molecule has 0 spiro atoms. The summed E-state index contributed by atoms with van der Waals surface area (Å²) < 4.78 is 5.29. The molecule has 0 aliphatic carbocycles. The van der Waals surface area contributed by atoms with Gasteiger partial charge in [0.2, 0.25) is 11.8 Å². The molecule has 1 aromatic heterocycles. The average Bonchev–Trinajstić information content (AvgIpc) is 1.99. The Labute approximate surface area is 71.8 Å². The molecule has 4 nitrogen and oxygen atoms in total. The zero-order valence-electron chi connectivity index (χ0n) is 7.37. The van der Waals surface area contributed by atoms with Gasteiger partial charge in [-0.25, -0.2) is 4.98 Å². The smallest absolute Gasteiger partial charge is 0.223 e. The van der Waals surface area contributed by atoms with Crippen molar-refractivity contribution in [1.29, 1.82) is 0 Å². The highest BCUT2D eigenvalue weighted by Gasteiger charge is 1.98. The van der Waals surface area contributed by atoms with Crippen LogP contribution in [0.1, 0.15) is 19.0 Å². The Morgan fingerprint density at radius 1 is 1.50 bits per heavy atom. The van der Waals surface area contributed by atoms with Crippen LogP contribution in [0, 0.1) is 6.92 Å². The first-order valence-corrected chi connectivity index (χ1v) is 3.96. The molecule has 0 aliphatic rings. The van der Waals surface area contributed by atoms with Gasteiger partial charge in [-0.15, -0.1) is 0 Å². The van der Waals surface area contributed by atoms with E-state index in [9.17, 15) is 0 Å². The van der Waals surface area contributed by atoms with Gasteiger partial charge < -0.3 is 10.5 Å². The van der Waals surface area contributed by atoms with Gasteiger partial charge in [-0.2, -0.15) is 4.98 Å². The first kappa shape index (κ1) is 8.77. The van der Waals surface area contributed by atoms with Crippen LogP contribution in [0.5, 0.6) is 5.88 Å². The van der Waals surface area contributed by atoms with E-state index in [2.05, 4.69) is 9.97 Å². The molecule has 1 rings (SSSR count). The van der Waals surface area contributed by atoms with Crippen molar-refractivity contribution < 1.29 is 4.74 Å². The van der Waals surface area contributed by atoms with Gasteiger partial charge in [0.25, 0.3) is 0 Å². The second-order valence-corrected chi connectivity index (χ2v) is 2.55. The Balaban J connectivity index is 2.72. The molecule has 0 unspecified atom stereocenters. The van der Waals surface area contributed by atoms with Gasteiger partial charge in [0, 0.05) is 11.8 Å². The third-order valence-electron chi connectivity index (χ3n) is 1.30. The van der Waals surface area contributed by atoms with Crippen molar-refractivity contribution in [1.82, 2.24) is 9.97 Å². The summed E-state index contributed by atoms with van der Waals surface area (Å²) in [5.74, 6) is 0.822. The van der Waals surface area contributed by atoms with Gasteiger partial charge in [-0.05, 0) is 13.3 Å². The van der Waals surface area contributed by atoms with Crippen molar-refractivity contribution in [2.24, 2.45) is 0 Å². The third-order valence-corrected chi connectivity index (χ3v) is 1.30. The summed E-state index contributed by atoms with van der Waals surface area (Å²) in [6.45, 7) is 4.56. The van der Waals surface area contributed by atoms with Crippen LogP contribution in [-0.4, -0.2) is 16.6 Å². The van der Waals surface area contributed by atoms with Crippen molar-refractivity contribution in [2.45, 2.75) is 20.3 Å². The summed E-state index contributed by atoms with van der Waals surface area (Å²) in [6, 6.07) is 1.77. The number of hydrogen-bond acceptors (Lipinski definition) is 4. The van der Waals surface area contributed by atoms with Crippen molar-refractivity contribution >= 4 is 5.95 Å². The SMILES string of the molecule is CCCOc1cc(C)nc(N)n1. The predicted octanol–water partition coefficient (Wildman–Crippen LogP) is 1.16. The van der Waals surface area contributed by atoms with E-state index in [0.717, 1.165) is 12.1 Å². The van der Waals surface area contributed by atoms with Crippen LogP contribution in [0.3, 0.4) is 0 Å². The molecule has 66 valence electrons. The van der Waals surface area contributed by atoms with Crippen molar-refractivity contribution in [3.63, 3.8) is 0 Å². The van der Waals surface area contributed by atoms with Gasteiger partial charge in [0.15, 0.2) is 0 Å². The number of nitrogen functional groups attached to an aromatic ring is 1. The van der Waals surface area contributed by atoms with E-state index in [4.69, 9.17) is 10.5 Å². The first-order valence-electron chi connectivity index (χ1n) is 3.96. The molecule has 0 fully saturated rings. The summed E-state index contributed by atoms with van der Waals surface area (Å²) in [4.78, 5) is 7.84. The van der Waals surface area contributed by atoms with E-state index in [1.807, 2.05) is 13.8 Å². The summed E-state index contributed by atoms with van der Waals surface area (Å²) in [5.41, 5.74) is 6.26. The summed E-state index contributed by atoms with van der Waals surface area (Å²) in [5, 5.41) is 0. The maximum Gasteiger partial charge on any atom is 0.223 e. The lowest BCUT2D eigenvalue weighted by Crippen LogP contribution is -2.02. The molecule has 0 radical (unpaired) electrons. The highest BCUT2D eigenvalue weighted by molar-refractivity contribution is 5.25. The van der Waals surface area contributed by atoms with E-state index >= 15 is 0 Å². The Morgan fingerprint density at radius 3 is 2.83 bits per heavy atom. The Morgan fingerprint density at radius 2 is 2.25 bits per heavy atom. The molecule has 2 N–H and O–H groups in total. The molecule has 0 bridgehead atoms. The average molecular weight is 167 g/mol. The Kier molecular flexibility index (Phi) is 2.85. The minimum Gasteiger partial charge on any atom is -0.478 e. The van der Waals surface area contributed by atoms with E-state index < -0.39 is 0 Å². The van der Waals surface area contributed by atoms with Crippen molar-refractivity contribution in [2.75, 3.05) is 12.3 Å². The summed E-state index contributed by atoms with van der Waals surface area (Å²) >= 11 is 0. The molecule has 4 heteroatoms. The van der Waals surface area contributed by atoms with Gasteiger partial charge in [0.1, 0.15) is 0 Å². The minimum absolute atomic E-state index is 0.265. The maximum atomic E-state index is 5.43. The number of anilines is 1. The van der Waals surface area contributed by atoms with Gasteiger partial charge in [0.05, 0.1) is 6.61 Å². The Hall–Kier alpha value is -1.32. The van der Waals surface area contributed by atoms with Crippen LogP contribution in [0.25, 0.3) is 0 Å². The number of nitrogens with zero attached hydrogens (tertiary/aromatic N) is 2. The number of hydrogen-bond donors (Lipinski definition) is 1. The number of aromatic nitrogens is 2. The van der Waals surface area contributed by atoms with Crippen LogP contribution in [0.15, 0.2) is 6.07 Å². The van der Waals surface area contributed by atoms with E-state index in [0.29, 0.717) is 12.5 Å². The van der Waals surface area contributed by atoms with Gasteiger partial charge >= 0.3 is 0 Å². The molecule has 0 atom stereocenters. The summed E-state index contributed by atoms with van der Waals surface area (Å²) in [6.07, 6.45) is 0.961. The van der Waals surface area contributed by atoms with Crippen LogP contribution in [0.4, 0.5) is 5.95 Å². The Bertz CT molecular complexity index is 242. The summed E-state index contributed by atoms with van der Waals surface area (Å²) in [7, 11) is 0. The molecule has 0 saturated carbocycles. The fraction of sp³-hybridized carbons (Fsp3) is 0.500. The number of ether oxygens (including phenoxy) is 1. The lowest BCUT2D eigenvalue weighted by atomic mass is 10.4. The fourth-order valence-corrected chi connectivity index (χ4v) is 0.842. The largest absolute Gasteiger partial charge is 0.478 e. The van der Waals surface area contributed by atoms with Crippen LogP contribution >= 0.6 is 0 Å². The molecular weight excluding hydrogens is 154 g/mol. The minimum atomic E-state index is 0.265. The number of rotatable bonds is 3. The van der Waals surface area contributed by atoms with Gasteiger partial charge in [-0.3, -0.25) is 0 Å². The molecular formula is C8H13N3O. The second-order valence-electron chi connectivity index (χ2n) is 2.55. The van der Waals surface area contributed by atoms with E-state index in [-0.39, 0.29) is 5.95 Å². The third kappa shape index (κ3) is 2.38. The molecule has 1 aromatic rings. The number of nitrogens with two attached hydrogens (primary N) is 1. The molecule has 1 heterocycles. The predicted molar refractivity (Wildman–Crippen MR) is 47.0 cm³/mol. The lowest BCUT2D eigenvalue weighted by molar-refractivity contribution is 0.305. The van der Waals surface area contributed by atoms with Crippen LogP contribution < -0.4 is 10.5 Å². The highest BCUT2D eigenvalue weighted by Crippen LogP contribution is 2.09. The lowest BCUT2D eigenvalue weighted by Gasteiger charge is -2.03. The molecule has 12 heavy (non-hydrogen) atoms. The number of aryl methyl sites for hydroxylation is 1. The van der Waals surface area contributed by atoms with Crippen molar-refractivity contribution in [3.8, 4) is 5.88 Å². The van der Waals surface area contributed by atoms with Crippen LogP contribution in [0.2, 0.25) is 0 Å². The zero-order chi connectivity index (χ0) is 8.97. The van der Waals surface area contributed by atoms with E-state index in [1.165, 1.54) is 0 Å². The van der Waals surface area contributed by atoms with E-state index in [1.54, 1.807) is 6.07 Å².